The largest absolute Gasteiger partial charge is 0.492 e. The first kappa shape index (κ1) is 23.0. The molecule has 0 unspecified atom stereocenters. The third kappa shape index (κ3) is 4.48. The molecule has 6 nitrogen and oxygen atoms in total. The first-order valence-electron chi connectivity index (χ1n) is 10.7. The van der Waals surface area contributed by atoms with E-state index < -0.39 is 0 Å². The molecule has 164 valence electrons. The topological polar surface area (TPSA) is 67.0 Å². The number of benzene rings is 2. The Morgan fingerprint density at radius 3 is 2.53 bits per heavy atom. The van der Waals surface area contributed by atoms with Crippen molar-refractivity contribution >= 4 is 27.9 Å². The van der Waals surface area contributed by atoms with Gasteiger partial charge in [-0.3, -0.25) is 9.67 Å². The molecule has 0 saturated carbocycles. The van der Waals surface area contributed by atoms with Crippen molar-refractivity contribution in [3.8, 4) is 23.1 Å². The third-order valence-electron chi connectivity index (χ3n) is 5.12. The summed E-state index contributed by atoms with van der Waals surface area (Å²) in [6.45, 7) is 9.38. The van der Waals surface area contributed by atoms with Crippen molar-refractivity contribution in [2.24, 2.45) is 7.05 Å². The van der Waals surface area contributed by atoms with Crippen LogP contribution in [0.2, 0.25) is 0 Å². The van der Waals surface area contributed by atoms with E-state index in [9.17, 15) is 0 Å². The molecule has 32 heavy (non-hydrogen) atoms. The lowest BCUT2D eigenvalue weighted by Gasteiger charge is -2.14. The minimum absolute atomic E-state index is 0.588. The summed E-state index contributed by atoms with van der Waals surface area (Å²) in [6, 6.07) is 13.7. The van der Waals surface area contributed by atoms with Gasteiger partial charge in [-0.1, -0.05) is 38.6 Å². The molecule has 2 heterocycles. The van der Waals surface area contributed by atoms with Crippen LogP contribution in [0.3, 0.4) is 0 Å². The Balaban J connectivity index is 0.00000141. The van der Waals surface area contributed by atoms with E-state index in [0.29, 0.717) is 12.2 Å². The van der Waals surface area contributed by atoms with Crippen molar-refractivity contribution < 1.29 is 4.74 Å². The smallest absolute Gasteiger partial charge is 0.128 e. The van der Waals surface area contributed by atoms with Crippen LogP contribution in [0.25, 0.3) is 39.1 Å². The summed E-state index contributed by atoms with van der Waals surface area (Å²) in [6.07, 6.45) is 3.65. The molecular weight excluding hydrogens is 398 g/mol. The number of hydrogen-bond acceptors (Lipinski definition) is 5. The highest BCUT2D eigenvalue weighted by atomic mass is 16.5. The second kappa shape index (κ2) is 10.1. The number of hydrogen-bond donors (Lipinski definition) is 0. The summed E-state index contributed by atoms with van der Waals surface area (Å²) in [5, 5.41) is 15.9. The van der Waals surface area contributed by atoms with Crippen LogP contribution < -0.4 is 4.74 Å². The average molecular weight is 428 g/mol. The minimum Gasteiger partial charge on any atom is -0.492 e. The van der Waals surface area contributed by atoms with E-state index in [4.69, 9.17) is 15.1 Å². The van der Waals surface area contributed by atoms with Gasteiger partial charge in [0.05, 0.1) is 28.9 Å². The zero-order valence-electron chi connectivity index (χ0n) is 19.4. The summed E-state index contributed by atoms with van der Waals surface area (Å²) in [5.74, 6) is 0.773. The molecule has 0 fully saturated rings. The minimum atomic E-state index is 0.588. The number of likely N-dealkylation sites (N-methyl/N-ethyl adjacent to an activating group) is 1. The summed E-state index contributed by atoms with van der Waals surface area (Å²) in [7, 11) is 5.95. The molecular formula is C26H29N5O. The normalized spacial score (nSPS) is 10.7. The highest BCUT2D eigenvalue weighted by Crippen LogP contribution is 2.36. The van der Waals surface area contributed by atoms with E-state index in [2.05, 4.69) is 28.6 Å². The standard InChI is InChI=1S/C24H23N5O.C2H6/c1-5-17-12-19-20(13-22(17)30-11-10-28(2)3)26-15-21-23(19)24(27-29(21)4)18-8-6-16(14-25)7-9-18;1-2/h5-9,12-13,15H,1,10-11H2,2-4H3;1-2H3. The monoisotopic (exact) mass is 427 g/mol. The van der Waals surface area contributed by atoms with Gasteiger partial charge in [0.2, 0.25) is 0 Å². The van der Waals surface area contributed by atoms with Crippen molar-refractivity contribution in [1.29, 1.82) is 5.26 Å². The predicted octanol–water partition coefficient (Wildman–Crippen LogP) is 5.27. The molecule has 0 amide bonds. The summed E-state index contributed by atoms with van der Waals surface area (Å²) >= 11 is 0. The number of pyridine rings is 1. The van der Waals surface area contributed by atoms with Gasteiger partial charge in [-0.25, -0.2) is 0 Å². The fourth-order valence-electron chi connectivity index (χ4n) is 3.50. The van der Waals surface area contributed by atoms with Gasteiger partial charge in [0.25, 0.3) is 0 Å². The van der Waals surface area contributed by atoms with Crippen molar-refractivity contribution in [3.63, 3.8) is 0 Å². The number of aromatic nitrogens is 3. The quantitative estimate of drug-likeness (QED) is 0.419. The molecule has 4 aromatic rings. The van der Waals surface area contributed by atoms with Gasteiger partial charge in [-0.15, -0.1) is 0 Å². The summed E-state index contributed by atoms with van der Waals surface area (Å²) in [4.78, 5) is 6.73. The number of nitriles is 1. The van der Waals surface area contributed by atoms with Gasteiger partial charge in [0.1, 0.15) is 18.1 Å². The van der Waals surface area contributed by atoms with E-state index in [1.807, 2.05) is 76.2 Å². The maximum absolute atomic E-state index is 9.09. The molecule has 4 rings (SSSR count). The first-order chi connectivity index (χ1) is 15.5. The Hall–Kier alpha value is -3.69. The lowest BCUT2D eigenvalue weighted by Crippen LogP contribution is -2.19. The third-order valence-corrected chi connectivity index (χ3v) is 5.12. The maximum Gasteiger partial charge on any atom is 0.128 e. The van der Waals surface area contributed by atoms with E-state index in [1.54, 1.807) is 6.08 Å². The van der Waals surface area contributed by atoms with Gasteiger partial charge >= 0.3 is 0 Å². The Morgan fingerprint density at radius 1 is 1.19 bits per heavy atom. The molecule has 0 N–H and O–H groups in total. The van der Waals surface area contributed by atoms with Crippen LogP contribution in [-0.2, 0) is 7.05 Å². The van der Waals surface area contributed by atoms with Crippen LogP contribution in [0, 0.1) is 11.3 Å². The Morgan fingerprint density at radius 2 is 1.91 bits per heavy atom. The first-order valence-corrected chi connectivity index (χ1v) is 10.7. The van der Waals surface area contributed by atoms with Gasteiger partial charge in [-0.2, -0.15) is 10.4 Å². The highest BCUT2D eigenvalue weighted by Gasteiger charge is 2.16. The molecule has 0 aliphatic carbocycles. The lowest BCUT2D eigenvalue weighted by molar-refractivity contribution is 0.261. The zero-order chi connectivity index (χ0) is 23.3. The van der Waals surface area contributed by atoms with Crippen LogP contribution in [-0.4, -0.2) is 46.9 Å². The van der Waals surface area contributed by atoms with Gasteiger partial charge in [0, 0.05) is 41.6 Å². The molecule has 0 saturated heterocycles. The Bertz CT molecular complexity index is 1280. The van der Waals surface area contributed by atoms with E-state index in [1.165, 1.54) is 0 Å². The summed E-state index contributed by atoms with van der Waals surface area (Å²) in [5.41, 5.74) is 5.15. The molecule has 0 aliphatic rings. The average Bonchev–Trinajstić information content (AvgIpc) is 3.16. The van der Waals surface area contributed by atoms with Crippen LogP contribution in [0.5, 0.6) is 5.75 Å². The van der Waals surface area contributed by atoms with Crippen LogP contribution in [0.15, 0.2) is 49.2 Å². The maximum atomic E-state index is 9.09. The fourth-order valence-corrected chi connectivity index (χ4v) is 3.50. The van der Waals surface area contributed by atoms with Gasteiger partial charge < -0.3 is 9.64 Å². The van der Waals surface area contributed by atoms with Crippen LogP contribution in [0.1, 0.15) is 25.0 Å². The van der Waals surface area contributed by atoms with Crippen molar-refractivity contribution in [2.75, 3.05) is 27.2 Å². The molecule has 0 bridgehead atoms. The van der Waals surface area contributed by atoms with E-state index in [-0.39, 0.29) is 0 Å². The van der Waals surface area contributed by atoms with Crippen molar-refractivity contribution in [1.82, 2.24) is 19.7 Å². The zero-order valence-corrected chi connectivity index (χ0v) is 19.4. The number of rotatable bonds is 6. The van der Waals surface area contributed by atoms with Crippen molar-refractivity contribution in [2.45, 2.75) is 13.8 Å². The SMILES string of the molecule is C=Cc1cc2c(cc1OCCN(C)C)ncc1c2c(-c2ccc(C#N)cc2)nn1C.CC. The summed E-state index contributed by atoms with van der Waals surface area (Å²) < 4.78 is 7.84. The molecule has 0 aliphatic heterocycles. The van der Waals surface area contributed by atoms with Crippen molar-refractivity contribution in [3.05, 3.63) is 60.3 Å². The van der Waals surface area contributed by atoms with E-state index in [0.717, 1.165) is 50.9 Å². The van der Waals surface area contributed by atoms with Crippen LogP contribution >= 0.6 is 0 Å². The van der Waals surface area contributed by atoms with Gasteiger partial charge in [-0.05, 0) is 32.3 Å². The Labute approximate surface area is 189 Å². The second-order valence-corrected chi connectivity index (χ2v) is 7.44. The molecule has 6 heteroatoms. The number of fused-ring (bicyclic) bond motifs is 3. The molecule has 0 radical (unpaired) electrons. The molecule has 0 spiro atoms. The number of aryl methyl sites for hydroxylation is 1. The van der Waals surface area contributed by atoms with Crippen LogP contribution in [0.4, 0.5) is 0 Å². The molecule has 0 atom stereocenters. The van der Waals surface area contributed by atoms with Gasteiger partial charge in [0.15, 0.2) is 0 Å². The predicted molar refractivity (Wildman–Crippen MR) is 132 cm³/mol. The van der Waals surface area contributed by atoms with E-state index >= 15 is 0 Å². The number of nitrogens with zero attached hydrogens (tertiary/aromatic N) is 5. The highest BCUT2D eigenvalue weighted by molar-refractivity contribution is 6.12. The lowest BCUT2D eigenvalue weighted by atomic mass is 10.0. The number of ether oxygens (including phenoxy) is 1. The molecule has 2 aromatic carbocycles. The fraction of sp³-hybridized carbons (Fsp3) is 0.269. The Kier molecular flexibility index (Phi) is 7.24. The second-order valence-electron chi connectivity index (χ2n) is 7.44. The molecule has 2 aromatic heterocycles.